The average molecular weight is 588 g/mol. The number of amides is 1. The van der Waals surface area contributed by atoms with Gasteiger partial charge < -0.3 is 14.6 Å². The van der Waals surface area contributed by atoms with Crippen LogP contribution in [0.2, 0.25) is 0 Å². The van der Waals surface area contributed by atoms with Gasteiger partial charge in [0.25, 0.3) is 5.78 Å². The fourth-order valence-electron chi connectivity index (χ4n) is 4.47. The fraction of sp³-hybridized carbons (Fsp3) is 0.226. The van der Waals surface area contributed by atoms with Gasteiger partial charge in [0.15, 0.2) is 15.8 Å². The number of hydrogen-bond donors (Lipinski definition) is 1. The van der Waals surface area contributed by atoms with Crippen LogP contribution in [0, 0.1) is 0 Å². The minimum absolute atomic E-state index is 0.0282. The number of benzene rings is 3. The van der Waals surface area contributed by atoms with Crippen molar-refractivity contribution < 1.29 is 24.2 Å². The highest BCUT2D eigenvalue weighted by atomic mass is 32.2. The zero-order valence-electron chi connectivity index (χ0n) is 22.6. The van der Waals surface area contributed by atoms with Crippen LogP contribution in [-0.2, 0) is 15.3 Å². The van der Waals surface area contributed by atoms with Crippen molar-refractivity contribution in [2.75, 3.05) is 18.1 Å². The van der Waals surface area contributed by atoms with E-state index in [0.29, 0.717) is 45.9 Å². The predicted octanol–water partition coefficient (Wildman–Crippen LogP) is 6.64. The van der Waals surface area contributed by atoms with Crippen molar-refractivity contribution in [3.63, 3.8) is 0 Å². The lowest BCUT2D eigenvalue weighted by Crippen LogP contribution is -2.29. The number of ketones is 1. The smallest absolute Gasteiger partial charge is 0.301 e. The summed E-state index contributed by atoms with van der Waals surface area (Å²) in [5.74, 6) is -0.110. The monoisotopic (exact) mass is 587 g/mol. The minimum Gasteiger partial charge on any atom is -0.507 e. The molecule has 1 aliphatic heterocycles. The van der Waals surface area contributed by atoms with E-state index in [1.807, 2.05) is 50.2 Å². The van der Waals surface area contributed by atoms with Crippen LogP contribution in [0.25, 0.3) is 5.76 Å². The minimum atomic E-state index is -0.949. The summed E-state index contributed by atoms with van der Waals surface area (Å²) in [6.07, 6.45) is 0.826. The number of hydrogen-bond acceptors (Lipinski definition) is 9. The first-order chi connectivity index (χ1) is 20.0. The Balaban J connectivity index is 1.58. The van der Waals surface area contributed by atoms with E-state index in [1.54, 1.807) is 42.5 Å². The van der Waals surface area contributed by atoms with Crippen molar-refractivity contribution in [1.29, 1.82) is 0 Å². The summed E-state index contributed by atoms with van der Waals surface area (Å²) in [4.78, 5) is 28.4. The first kappa shape index (κ1) is 28.4. The van der Waals surface area contributed by atoms with Gasteiger partial charge in [-0.15, -0.1) is 10.2 Å². The Morgan fingerprint density at radius 3 is 2.39 bits per heavy atom. The third-order valence-corrected chi connectivity index (χ3v) is 8.47. The van der Waals surface area contributed by atoms with Gasteiger partial charge in [0, 0.05) is 11.3 Å². The van der Waals surface area contributed by atoms with Crippen molar-refractivity contribution >= 4 is 45.7 Å². The fourth-order valence-corrected chi connectivity index (χ4v) is 6.29. The third kappa shape index (κ3) is 6.13. The quantitative estimate of drug-likeness (QED) is 0.0685. The maximum Gasteiger partial charge on any atom is 0.301 e. The Labute approximate surface area is 246 Å². The number of anilines is 1. The molecule has 10 heteroatoms. The number of aliphatic hydroxyl groups excluding tert-OH is 1. The molecule has 0 spiro atoms. The number of rotatable bonds is 11. The Bertz CT molecular complexity index is 1560. The molecule has 2 heterocycles. The second-order valence-corrected chi connectivity index (χ2v) is 11.3. The lowest BCUT2D eigenvalue weighted by molar-refractivity contribution is -0.132. The molecule has 8 nitrogen and oxygen atoms in total. The molecular formula is C31H29N3O5S2. The Hall–Kier alpha value is -4.15. The molecule has 0 saturated carbocycles. The van der Waals surface area contributed by atoms with Crippen molar-refractivity contribution in [3.8, 4) is 11.5 Å². The second kappa shape index (κ2) is 13.0. The number of aromatic nitrogens is 2. The molecular weight excluding hydrogens is 558 g/mol. The second-order valence-electron chi connectivity index (χ2n) is 9.15. The predicted molar refractivity (Wildman–Crippen MR) is 161 cm³/mol. The molecule has 1 N–H and O–H groups in total. The Morgan fingerprint density at radius 2 is 1.68 bits per heavy atom. The van der Waals surface area contributed by atoms with Crippen LogP contribution in [0.15, 0.2) is 88.8 Å². The van der Waals surface area contributed by atoms with Crippen LogP contribution < -0.4 is 14.4 Å². The molecule has 3 aromatic carbocycles. The lowest BCUT2D eigenvalue weighted by Gasteiger charge is -2.23. The molecule has 1 amide bonds. The molecule has 41 heavy (non-hydrogen) atoms. The summed E-state index contributed by atoms with van der Waals surface area (Å²) in [6.45, 7) is 4.79. The maximum atomic E-state index is 13.6. The van der Waals surface area contributed by atoms with Crippen molar-refractivity contribution in [2.24, 2.45) is 0 Å². The first-order valence-corrected chi connectivity index (χ1v) is 15.1. The van der Waals surface area contributed by atoms with Gasteiger partial charge in [0.1, 0.15) is 5.76 Å². The molecule has 0 radical (unpaired) electrons. The van der Waals surface area contributed by atoms with E-state index in [0.717, 1.165) is 12.0 Å². The summed E-state index contributed by atoms with van der Waals surface area (Å²) in [6, 6.07) is 23.0. The number of carbonyl (C=O) groups is 2. The molecule has 1 atom stereocenters. The Kier molecular flexibility index (Phi) is 9.01. The molecule has 1 unspecified atom stereocenters. The first-order valence-electron chi connectivity index (χ1n) is 13.3. The summed E-state index contributed by atoms with van der Waals surface area (Å²) < 4.78 is 12.4. The van der Waals surface area contributed by atoms with Gasteiger partial charge in [0.05, 0.1) is 24.8 Å². The van der Waals surface area contributed by atoms with Gasteiger partial charge in [-0.1, -0.05) is 96.8 Å². The molecule has 1 saturated heterocycles. The molecule has 210 valence electrons. The summed E-state index contributed by atoms with van der Waals surface area (Å²) >= 11 is 2.72. The number of thioether (sulfide) groups is 1. The summed E-state index contributed by atoms with van der Waals surface area (Å²) in [7, 11) is 0. The van der Waals surface area contributed by atoms with E-state index in [4.69, 9.17) is 9.47 Å². The number of Topliss-reactive ketones (excluding diaryl/α,β-unsaturated/α-hetero) is 1. The van der Waals surface area contributed by atoms with Crippen molar-refractivity contribution in [2.45, 2.75) is 36.4 Å². The highest BCUT2D eigenvalue weighted by Crippen LogP contribution is 2.45. The zero-order chi connectivity index (χ0) is 28.8. The SMILES string of the molecule is CCCOc1ccc(C2/C(=C(\O)c3ccccc3)C(=O)C(=O)N2c2nnc(SCc3ccccc3)s2)cc1OCC. The van der Waals surface area contributed by atoms with Gasteiger partial charge in [-0.2, -0.15) is 0 Å². The molecule has 5 rings (SSSR count). The van der Waals surface area contributed by atoms with E-state index in [2.05, 4.69) is 10.2 Å². The van der Waals surface area contributed by atoms with Gasteiger partial charge in [-0.05, 0) is 36.6 Å². The van der Waals surface area contributed by atoms with Crippen LogP contribution in [0.1, 0.15) is 43.0 Å². The van der Waals surface area contributed by atoms with Gasteiger partial charge in [0.2, 0.25) is 5.13 Å². The molecule has 1 fully saturated rings. The van der Waals surface area contributed by atoms with Gasteiger partial charge in [-0.3, -0.25) is 14.5 Å². The molecule has 1 aliphatic rings. The summed E-state index contributed by atoms with van der Waals surface area (Å²) in [5.41, 5.74) is 2.11. The number of nitrogens with zero attached hydrogens (tertiary/aromatic N) is 3. The van der Waals surface area contributed by atoms with Crippen LogP contribution in [-0.4, -0.2) is 40.2 Å². The van der Waals surface area contributed by atoms with Crippen molar-refractivity contribution in [3.05, 3.63) is 101 Å². The van der Waals surface area contributed by atoms with E-state index in [1.165, 1.54) is 28.0 Å². The van der Waals surface area contributed by atoms with E-state index >= 15 is 0 Å². The molecule has 1 aromatic heterocycles. The average Bonchev–Trinajstić information content (AvgIpc) is 3.58. The largest absolute Gasteiger partial charge is 0.507 e. The Morgan fingerprint density at radius 1 is 0.951 bits per heavy atom. The van der Waals surface area contributed by atoms with E-state index in [-0.39, 0.29) is 16.5 Å². The van der Waals surface area contributed by atoms with E-state index in [9.17, 15) is 14.7 Å². The number of carbonyl (C=O) groups excluding carboxylic acids is 2. The van der Waals surface area contributed by atoms with Crippen molar-refractivity contribution in [1.82, 2.24) is 10.2 Å². The van der Waals surface area contributed by atoms with Crippen LogP contribution in [0.3, 0.4) is 0 Å². The topological polar surface area (TPSA) is 102 Å². The summed E-state index contributed by atoms with van der Waals surface area (Å²) in [5, 5.41) is 20.2. The normalized spacial score (nSPS) is 16.2. The van der Waals surface area contributed by atoms with Gasteiger partial charge >= 0.3 is 5.91 Å². The number of ether oxygens (including phenoxy) is 2. The molecule has 0 bridgehead atoms. The van der Waals surface area contributed by atoms with Gasteiger partial charge in [-0.25, -0.2) is 0 Å². The molecule has 0 aliphatic carbocycles. The maximum absolute atomic E-state index is 13.6. The molecule has 4 aromatic rings. The van der Waals surface area contributed by atoms with Crippen LogP contribution in [0.5, 0.6) is 11.5 Å². The van der Waals surface area contributed by atoms with Crippen LogP contribution in [0.4, 0.5) is 5.13 Å². The highest BCUT2D eigenvalue weighted by Gasteiger charge is 2.48. The highest BCUT2D eigenvalue weighted by molar-refractivity contribution is 8.00. The van der Waals surface area contributed by atoms with E-state index < -0.39 is 17.7 Å². The third-order valence-electron chi connectivity index (χ3n) is 6.34. The lowest BCUT2D eigenvalue weighted by atomic mass is 9.95. The number of aliphatic hydroxyl groups is 1. The zero-order valence-corrected chi connectivity index (χ0v) is 24.3. The standard InChI is InChI=1S/C31H29N3O5S2/c1-3-17-39-23-16-15-22(18-24(23)38-4-2)26-25(27(35)21-13-9-6-10-14-21)28(36)29(37)34(26)30-32-33-31(41-30)40-19-20-11-7-5-8-12-20/h5-16,18,26,35H,3-4,17,19H2,1-2H3/b27-25+. The van der Waals surface area contributed by atoms with Crippen LogP contribution >= 0.6 is 23.1 Å².